The Morgan fingerprint density at radius 2 is 0.535 bits per heavy atom. The molecule has 0 N–H and O–H groups in total. The van der Waals surface area contributed by atoms with Crippen LogP contribution in [0.2, 0.25) is 0 Å². The number of unbranched alkanes of at least 4 members (excludes halogenated alkanes) is 14. The van der Waals surface area contributed by atoms with Gasteiger partial charge in [0.1, 0.15) is 13.2 Å². The lowest BCUT2D eigenvalue weighted by atomic mass is 10.1. The molecular weight excluding hydrogens is 877 g/mol. The van der Waals surface area contributed by atoms with Crippen LogP contribution in [0.25, 0.3) is 0 Å². The Kier molecular flexibility index (Phi) is 54.0. The third kappa shape index (κ3) is 56.1. The van der Waals surface area contributed by atoms with Crippen molar-refractivity contribution >= 4 is 17.9 Å². The summed E-state index contributed by atoms with van der Waals surface area (Å²) in [4.78, 5) is 38.1. The number of hydrogen-bond donors (Lipinski definition) is 0. The summed E-state index contributed by atoms with van der Waals surface area (Å²) >= 11 is 0. The number of carbonyl (C=O) groups excluding carboxylic acids is 3. The van der Waals surface area contributed by atoms with Crippen LogP contribution in [0, 0.1) is 0 Å². The quantitative estimate of drug-likeness (QED) is 0.0262. The molecule has 0 unspecified atom stereocenters. The van der Waals surface area contributed by atoms with E-state index < -0.39 is 12.1 Å². The molecule has 0 saturated heterocycles. The Bertz CT molecular complexity index is 1590. The number of allylic oxidation sites excluding steroid dienone is 24. The lowest BCUT2D eigenvalue weighted by Crippen LogP contribution is -2.30. The fourth-order valence-corrected chi connectivity index (χ4v) is 7.02. The molecule has 0 aromatic rings. The topological polar surface area (TPSA) is 78.9 Å². The maximum atomic E-state index is 12.8. The monoisotopic (exact) mass is 979 g/mol. The fraction of sp³-hybridized carbons (Fsp3) is 0.585. The van der Waals surface area contributed by atoms with E-state index in [4.69, 9.17) is 14.2 Å². The number of hydrogen-bond acceptors (Lipinski definition) is 6. The summed E-state index contributed by atoms with van der Waals surface area (Å²) in [6.45, 7) is 6.40. The Morgan fingerprint density at radius 1 is 0.282 bits per heavy atom. The molecular formula is C65H102O6. The average molecular weight is 980 g/mol. The highest BCUT2D eigenvalue weighted by atomic mass is 16.6. The molecule has 0 aliphatic heterocycles. The third-order valence-corrected chi connectivity index (χ3v) is 11.3. The number of carbonyl (C=O) groups is 3. The Balaban J connectivity index is 4.68. The van der Waals surface area contributed by atoms with Crippen LogP contribution in [0.5, 0.6) is 0 Å². The summed E-state index contributed by atoms with van der Waals surface area (Å²) in [5, 5.41) is 0. The molecule has 0 heterocycles. The highest BCUT2D eigenvalue weighted by Crippen LogP contribution is 2.10. The smallest absolute Gasteiger partial charge is 0.306 e. The van der Waals surface area contributed by atoms with E-state index in [-0.39, 0.29) is 44.4 Å². The minimum Gasteiger partial charge on any atom is -0.462 e. The standard InChI is InChI=1S/C65H102O6/c1-4-7-10-13-16-19-22-25-28-31-32-35-37-40-43-46-49-52-55-58-64(67)70-61-62(71-65(68)59-56-53-50-47-44-41-38-34-30-27-24-21-18-15-12-9-6-3)60-69-63(66)57-54-51-48-45-42-39-36-33-29-26-23-20-17-14-11-8-5-2/h16,18-19,21,25-30,32,35-36,38-41,43,45,47-50,52,62H,4-15,17,20,22-24,31,33-34,37,42,44,46,51,53-61H2,1-3H3/b19-16-,21-18-,28-25-,29-26-,30-27-,35-32-,39-36-,41-38-,43-40-,48-45-,50-47-,52-49-/t62-/m0/s1. The Labute approximate surface area is 436 Å². The van der Waals surface area contributed by atoms with Crippen molar-refractivity contribution < 1.29 is 28.6 Å². The first kappa shape index (κ1) is 66.3. The highest BCUT2D eigenvalue weighted by molar-refractivity contribution is 5.71. The first-order valence-corrected chi connectivity index (χ1v) is 28.3. The maximum absolute atomic E-state index is 12.8. The van der Waals surface area contributed by atoms with E-state index in [1.165, 1.54) is 96.3 Å². The van der Waals surface area contributed by atoms with Gasteiger partial charge in [0.2, 0.25) is 0 Å². The van der Waals surface area contributed by atoms with E-state index in [1.54, 1.807) is 0 Å². The zero-order valence-corrected chi connectivity index (χ0v) is 45.4. The normalized spacial score (nSPS) is 13.2. The number of esters is 3. The molecule has 1 atom stereocenters. The Morgan fingerprint density at radius 3 is 0.901 bits per heavy atom. The lowest BCUT2D eigenvalue weighted by Gasteiger charge is -2.18. The van der Waals surface area contributed by atoms with Crippen molar-refractivity contribution in [2.24, 2.45) is 0 Å². The van der Waals surface area contributed by atoms with Crippen LogP contribution in [0.1, 0.15) is 226 Å². The van der Waals surface area contributed by atoms with Crippen molar-refractivity contribution in [2.75, 3.05) is 13.2 Å². The maximum Gasteiger partial charge on any atom is 0.306 e. The zero-order chi connectivity index (χ0) is 51.4. The average Bonchev–Trinajstić information content (AvgIpc) is 3.37. The molecule has 0 rings (SSSR count). The molecule has 0 aromatic carbocycles. The SMILES string of the molecule is CCCCC/C=C\C/C=C\C/C=C\C/C=C\C/C=C\CCC(=O)OC[C@H](COC(=O)CCC/C=C\C/C=C\C/C=C\CCCCCCCC)OC(=O)CCC/C=C\C/C=C\C/C=C\C/C=C\CCCCC. The van der Waals surface area contributed by atoms with E-state index >= 15 is 0 Å². The molecule has 0 aromatic heterocycles. The van der Waals surface area contributed by atoms with Gasteiger partial charge in [0.25, 0.3) is 0 Å². The van der Waals surface area contributed by atoms with Crippen LogP contribution in [-0.2, 0) is 28.6 Å². The van der Waals surface area contributed by atoms with Crippen LogP contribution in [0.3, 0.4) is 0 Å². The lowest BCUT2D eigenvalue weighted by molar-refractivity contribution is -0.166. The van der Waals surface area contributed by atoms with Gasteiger partial charge in [-0.2, -0.15) is 0 Å². The van der Waals surface area contributed by atoms with Gasteiger partial charge in [0, 0.05) is 19.3 Å². The van der Waals surface area contributed by atoms with Crippen molar-refractivity contribution in [2.45, 2.75) is 232 Å². The van der Waals surface area contributed by atoms with Gasteiger partial charge >= 0.3 is 17.9 Å². The summed E-state index contributed by atoms with van der Waals surface area (Å²) < 4.78 is 16.7. The number of rotatable bonds is 49. The second-order valence-corrected chi connectivity index (χ2v) is 18.1. The predicted octanol–water partition coefficient (Wildman–Crippen LogP) is 19.2. The molecule has 71 heavy (non-hydrogen) atoms. The third-order valence-electron chi connectivity index (χ3n) is 11.3. The van der Waals surface area contributed by atoms with Crippen LogP contribution in [0.15, 0.2) is 146 Å². The molecule has 398 valence electrons. The molecule has 0 fully saturated rings. The van der Waals surface area contributed by atoms with E-state index in [1.807, 2.05) is 12.2 Å². The predicted molar refractivity (Wildman–Crippen MR) is 306 cm³/mol. The molecule has 0 aliphatic carbocycles. The van der Waals surface area contributed by atoms with E-state index in [0.29, 0.717) is 19.3 Å². The molecule has 0 saturated carbocycles. The Hall–Kier alpha value is -4.71. The van der Waals surface area contributed by atoms with Crippen LogP contribution >= 0.6 is 0 Å². The largest absolute Gasteiger partial charge is 0.462 e. The zero-order valence-electron chi connectivity index (χ0n) is 45.4. The van der Waals surface area contributed by atoms with Gasteiger partial charge < -0.3 is 14.2 Å². The number of ether oxygens (including phenoxy) is 3. The van der Waals surface area contributed by atoms with Gasteiger partial charge in [0.05, 0.1) is 0 Å². The summed E-state index contributed by atoms with van der Waals surface area (Å²) in [7, 11) is 0. The van der Waals surface area contributed by atoms with Crippen LogP contribution in [0.4, 0.5) is 0 Å². The molecule has 6 nitrogen and oxygen atoms in total. The van der Waals surface area contributed by atoms with Crippen molar-refractivity contribution in [3.8, 4) is 0 Å². The van der Waals surface area contributed by atoms with Gasteiger partial charge in [-0.25, -0.2) is 0 Å². The van der Waals surface area contributed by atoms with E-state index in [0.717, 1.165) is 70.6 Å². The summed E-state index contributed by atoms with van der Waals surface area (Å²) in [6, 6.07) is 0. The molecule has 0 amide bonds. The van der Waals surface area contributed by atoms with Crippen molar-refractivity contribution in [3.05, 3.63) is 146 Å². The highest BCUT2D eigenvalue weighted by Gasteiger charge is 2.19. The summed E-state index contributed by atoms with van der Waals surface area (Å²) in [5.41, 5.74) is 0. The van der Waals surface area contributed by atoms with Crippen LogP contribution < -0.4 is 0 Å². The van der Waals surface area contributed by atoms with Gasteiger partial charge in [-0.3, -0.25) is 14.4 Å². The second kappa shape index (κ2) is 57.9. The van der Waals surface area contributed by atoms with Gasteiger partial charge in [0.15, 0.2) is 6.10 Å². The minimum absolute atomic E-state index is 0.155. The molecule has 0 bridgehead atoms. The first-order chi connectivity index (χ1) is 35.0. The molecule has 0 radical (unpaired) electrons. The summed E-state index contributed by atoms with van der Waals surface area (Å²) in [5.74, 6) is -1.15. The summed E-state index contributed by atoms with van der Waals surface area (Å²) in [6.07, 6.45) is 82.8. The van der Waals surface area contributed by atoms with E-state index in [2.05, 4.69) is 154 Å². The fourth-order valence-electron chi connectivity index (χ4n) is 7.02. The van der Waals surface area contributed by atoms with Crippen molar-refractivity contribution in [1.29, 1.82) is 0 Å². The second-order valence-electron chi connectivity index (χ2n) is 18.1. The van der Waals surface area contributed by atoms with Crippen molar-refractivity contribution in [1.82, 2.24) is 0 Å². The molecule has 0 aliphatic rings. The van der Waals surface area contributed by atoms with Crippen molar-refractivity contribution in [3.63, 3.8) is 0 Å². The first-order valence-electron chi connectivity index (χ1n) is 28.3. The van der Waals surface area contributed by atoms with Gasteiger partial charge in [-0.1, -0.05) is 224 Å². The van der Waals surface area contributed by atoms with E-state index in [9.17, 15) is 14.4 Å². The van der Waals surface area contributed by atoms with Gasteiger partial charge in [-0.15, -0.1) is 0 Å². The molecule has 6 heteroatoms. The van der Waals surface area contributed by atoms with Crippen LogP contribution in [-0.4, -0.2) is 37.2 Å². The van der Waals surface area contributed by atoms with Gasteiger partial charge in [-0.05, 0) is 128 Å². The molecule has 0 spiro atoms. The minimum atomic E-state index is -0.864.